The van der Waals surface area contributed by atoms with Crippen molar-refractivity contribution in [1.82, 2.24) is 19.6 Å². The summed E-state index contributed by atoms with van der Waals surface area (Å²) < 4.78 is 12.7. The van der Waals surface area contributed by atoms with Crippen LogP contribution in [0.5, 0.6) is 11.5 Å². The SMILES string of the molecule is CCCOc1ccc(OC(=O)Cc2c(C)nc3nc(SC)nn3c2C)cc1. The van der Waals surface area contributed by atoms with Gasteiger partial charge in [0.2, 0.25) is 5.16 Å². The normalized spacial score (nSPS) is 11.0. The number of fused-ring (bicyclic) bond motifs is 1. The summed E-state index contributed by atoms with van der Waals surface area (Å²) >= 11 is 1.45. The molecule has 3 aromatic rings. The minimum absolute atomic E-state index is 0.114. The van der Waals surface area contributed by atoms with Gasteiger partial charge in [0.15, 0.2) is 0 Å². The number of ether oxygens (including phenoxy) is 2. The van der Waals surface area contributed by atoms with E-state index in [9.17, 15) is 4.79 Å². The van der Waals surface area contributed by atoms with Crippen LogP contribution in [0.4, 0.5) is 0 Å². The molecule has 0 aliphatic rings. The number of aryl methyl sites for hydroxylation is 2. The van der Waals surface area contributed by atoms with E-state index in [0.717, 1.165) is 29.1 Å². The Morgan fingerprint density at radius 1 is 1.15 bits per heavy atom. The molecular weight excluding hydrogens is 364 g/mol. The van der Waals surface area contributed by atoms with E-state index in [2.05, 4.69) is 15.1 Å². The molecule has 0 aliphatic carbocycles. The lowest BCUT2D eigenvalue weighted by molar-refractivity contribution is -0.133. The number of rotatable bonds is 7. The van der Waals surface area contributed by atoms with Gasteiger partial charge in [0.05, 0.1) is 13.0 Å². The van der Waals surface area contributed by atoms with E-state index < -0.39 is 0 Å². The molecule has 0 radical (unpaired) electrons. The van der Waals surface area contributed by atoms with E-state index in [1.54, 1.807) is 28.8 Å². The Hall–Kier alpha value is -2.61. The summed E-state index contributed by atoms with van der Waals surface area (Å²) in [6.07, 6.45) is 2.97. The number of hydrogen-bond donors (Lipinski definition) is 0. The van der Waals surface area contributed by atoms with E-state index in [4.69, 9.17) is 9.47 Å². The Bertz CT molecular complexity index is 954. The van der Waals surface area contributed by atoms with Crippen molar-refractivity contribution in [3.63, 3.8) is 0 Å². The fourth-order valence-corrected chi connectivity index (χ4v) is 3.00. The molecule has 1 aromatic carbocycles. The summed E-state index contributed by atoms with van der Waals surface area (Å²) in [6.45, 7) is 6.48. The van der Waals surface area contributed by atoms with Gasteiger partial charge in [-0.1, -0.05) is 18.7 Å². The maximum absolute atomic E-state index is 12.4. The van der Waals surface area contributed by atoms with Crippen LogP contribution in [0.1, 0.15) is 30.3 Å². The van der Waals surface area contributed by atoms with E-state index in [0.29, 0.717) is 23.3 Å². The van der Waals surface area contributed by atoms with Gasteiger partial charge < -0.3 is 9.47 Å². The van der Waals surface area contributed by atoms with Crippen LogP contribution in [0.3, 0.4) is 0 Å². The van der Waals surface area contributed by atoms with Crippen molar-refractivity contribution in [1.29, 1.82) is 0 Å². The third kappa shape index (κ3) is 4.39. The Balaban J connectivity index is 1.73. The molecule has 3 rings (SSSR count). The highest BCUT2D eigenvalue weighted by Gasteiger charge is 2.17. The van der Waals surface area contributed by atoms with Gasteiger partial charge in [-0.05, 0) is 50.8 Å². The molecule has 8 heteroatoms. The van der Waals surface area contributed by atoms with Crippen molar-refractivity contribution in [2.45, 2.75) is 38.8 Å². The van der Waals surface area contributed by atoms with Crippen LogP contribution in [0.15, 0.2) is 29.4 Å². The van der Waals surface area contributed by atoms with Gasteiger partial charge in [0.1, 0.15) is 11.5 Å². The second-order valence-corrected chi connectivity index (χ2v) is 6.82. The van der Waals surface area contributed by atoms with Crippen LogP contribution >= 0.6 is 11.8 Å². The highest BCUT2D eigenvalue weighted by atomic mass is 32.2. The zero-order valence-corrected chi connectivity index (χ0v) is 16.7. The Labute approximate surface area is 162 Å². The Morgan fingerprint density at radius 3 is 2.52 bits per heavy atom. The maximum Gasteiger partial charge on any atom is 0.315 e. The van der Waals surface area contributed by atoms with E-state index in [-0.39, 0.29) is 12.4 Å². The monoisotopic (exact) mass is 386 g/mol. The molecule has 2 heterocycles. The molecule has 142 valence electrons. The zero-order chi connectivity index (χ0) is 19.4. The van der Waals surface area contributed by atoms with Gasteiger partial charge in [0.25, 0.3) is 5.78 Å². The van der Waals surface area contributed by atoms with Crippen molar-refractivity contribution in [2.75, 3.05) is 12.9 Å². The highest BCUT2D eigenvalue weighted by Crippen LogP contribution is 2.20. The summed E-state index contributed by atoms with van der Waals surface area (Å²) in [6, 6.07) is 7.04. The molecular formula is C19H22N4O3S. The second kappa shape index (κ2) is 8.39. The second-order valence-electron chi connectivity index (χ2n) is 6.04. The average Bonchev–Trinajstić information content (AvgIpc) is 3.08. The highest BCUT2D eigenvalue weighted by molar-refractivity contribution is 7.98. The van der Waals surface area contributed by atoms with Crippen molar-refractivity contribution >= 4 is 23.5 Å². The van der Waals surface area contributed by atoms with Crippen molar-refractivity contribution in [3.05, 3.63) is 41.2 Å². The van der Waals surface area contributed by atoms with Crippen LogP contribution < -0.4 is 9.47 Å². The van der Waals surface area contributed by atoms with Crippen molar-refractivity contribution in [3.8, 4) is 11.5 Å². The molecule has 0 bridgehead atoms. The fraction of sp³-hybridized carbons (Fsp3) is 0.368. The molecule has 0 unspecified atom stereocenters. The summed E-state index contributed by atoms with van der Waals surface area (Å²) in [5.41, 5.74) is 2.39. The molecule has 0 N–H and O–H groups in total. The first kappa shape index (κ1) is 19.2. The topological polar surface area (TPSA) is 78.6 Å². The molecule has 2 aromatic heterocycles. The van der Waals surface area contributed by atoms with Crippen molar-refractivity contribution < 1.29 is 14.3 Å². The summed E-state index contributed by atoms with van der Waals surface area (Å²) in [7, 11) is 0. The molecule has 27 heavy (non-hydrogen) atoms. The van der Waals surface area contributed by atoms with E-state index >= 15 is 0 Å². The zero-order valence-electron chi connectivity index (χ0n) is 15.9. The first-order valence-corrected chi connectivity index (χ1v) is 9.94. The lowest BCUT2D eigenvalue weighted by Gasteiger charge is -2.10. The van der Waals surface area contributed by atoms with Gasteiger partial charge >= 0.3 is 5.97 Å². The lowest BCUT2D eigenvalue weighted by Crippen LogP contribution is -2.15. The molecule has 0 saturated heterocycles. The number of benzene rings is 1. The largest absolute Gasteiger partial charge is 0.494 e. The van der Waals surface area contributed by atoms with Crippen LogP contribution in [-0.2, 0) is 11.2 Å². The van der Waals surface area contributed by atoms with E-state index in [1.807, 2.05) is 27.0 Å². The van der Waals surface area contributed by atoms with Gasteiger partial charge in [-0.25, -0.2) is 9.50 Å². The molecule has 0 aliphatic heterocycles. The van der Waals surface area contributed by atoms with Gasteiger partial charge in [-0.2, -0.15) is 4.98 Å². The number of aromatic nitrogens is 4. The smallest absolute Gasteiger partial charge is 0.315 e. The third-order valence-electron chi connectivity index (χ3n) is 4.06. The molecule has 0 atom stereocenters. The fourth-order valence-electron chi connectivity index (χ4n) is 2.67. The Morgan fingerprint density at radius 2 is 1.85 bits per heavy atom. The maximum atomic E-state index is 12.4. The summed E-state index contributed by atoms with van der Waals surface area (Å²) in [5, 5.41) is 5.05. The average molecular weight is 386 g/mol. The predicted molar refractivity (Wildman–Crippen MR) is 104 cm³/mol. The molecule has 0 saturated carbocycles. The first-order chi connectivity index (χ1) is 13.0. The minimum atomic E-state index is -0.352. The van der Waals surface area contributed by atoms with Crippen LogP contribution in [0, 0.1) is 13.8 Å². The van der Waals surface area contributed by atoms with Crippen LogP contribution in [-0.4, -0.2) is 38.4 Å². The van der Waals surface area contributed by atoms with Crippen LogP contribution in [0.2, 0.25) is 0 Å². The van der Waals surface area contributed by atoms with E-state index in [1.165, 1.54) is 11.8 Å². The lowest BCUT2D eigenvalue weighted by atomic mass is 10.1. The molecule has 0 fully saturated rings. The third-order valence-corrected chi connectivity index (χ3v) is 4.60. The number of nitrogens with zero attached hydrogens (tertiary/aromatic N) is 4. The Kier molecular flexibility index (Phi) is 5.95. The molecule has 0 spiro atoms. The number of carbonyl (C=O) groups excluding carboxylic acids is 1. The first-order valence-electron chi connectivity index (χ1n) is 8.72. The molecule has 0 amide bonds. The predicted octanol–water partition coefficient (Wildman–Crippen LogP) is 3.40. The standard InChI is InChI=1S/C19H22N4O3S/c1-5-10-25-14-6-8-15(9-7-14)26-17(24)11-16-12(2)20-18-21-19(27-4)22-23(18)13(16)3/h6-9H,5,10-11H2,1-4H3. The number of carbonyl (C=O) groups is 1. The summed E-state index contributed by atoms with van der Waals surface area (Å²) in [4.78, 5) is 21.2. The minimum Gasteiger partial charge on any atom is -0.494 e. The summed E-state index contributed by atoms with van der Waals surface area (Å²) in [5.74, 6) is 1.43. The van der Waals surface area contributed by atoms with Crippen molar-refractivity contribution in [2.24, 2.45) is 0 Å². The van der Waals surface area contributed by atoms with Gasteiger partial charge in [-0.15, -0.1) is 5.10 Å². The van der Waals surface area contributed by atoms with Gasteiger partial charge in [-0.3, -0.25) is 4.79 Å². The quantitative estimate of drug-likeness (QED) is 0.350. The number of hydrogen-bond acceptors (Lipinski definition) is 7. The molecule has 7 nitrogen and oxygen atoms in total. The van der Waals surface area contributed by atoms with Gasteiger partial charge in [0, 0.05) is 17.0 Å². The number of esters is 1. The number of thioether (sulfide) groups is 1. The van der Waals surface area contributed by atoms with Crippen LogP contribution in [0.25, 0.3) is 5.78 Å².